The quantitative estimate of drug-likeness (QED) is 0.821. The number of hydrogen-bond acceptors (Lipinski definition) is 3. The number of nitrogen functional groups attached to an aromatic ring is 1. The van der Waals surface area contributed by atoms with Gasteiger partial charge in [0.2, 0.25) is 0 Å². The summed E-state index contributed by atoms with van der Waals surface area (Å²) in [6.45, 7) is 7.39. The largest absolute Gasteiger partial charge is 0.391 e. The molecular formula is C14H28N5O+. The molecule has 0 amide bonds. The summed E-state index contributed by atoms with van der Waals surface area (Å²) in [4.78, 5) is 14.5. The van der Waals surface area contributed by atoms with Crippen LogP contribution in [0.1, 0.15) is 20.3 Å². The van der Waals surface area contributed by atoms with Gasteiger partial charge in [-0.25, -0.2) is 4.68 Å². The molecule has 20 heavy (non-hydrogen) atoms. The minimum atomic E-state index is -0.0574. The molecule has 2 heterocycles. The number of hydrogen-bond donors (Lipinski definition) is 1. The third-order valence-electron chi connectivity index (χ3n) is 4.40. The van der Waals surface area contributed by atoms with Gasteiger partial charge in [-0.05, 0) is 13.8 Å². The standard InChI is InChI=1S/C14H28N5O/c1-6-17-13(12(15)14(20)18(17)7-2)16-9-8-11(10-16)19(3,4)5/h11H,6-10,15H2,1-5H3/q+1. The molecule has 1 aromatic rings. The van der Waals surface area contributed by atoms with Gasteiger partial charge in [-0.1, -0.05) is 0 Å². The molecule has 0 aromatic carbocycles. The molecule has 6 heteroatoms. The molecular weight excluding hydrogens is 254 g/mol. The van der Waals surface area contributed by atoms with Gasteiger partial charge in [-0.3, -0.25) is 9.48 Å². The average molecular weight is 282 g/mol. The summed E-state index contributed by atoms with van der Waals surface area (Å²) < 4.78 is 4.71. The van der Waals surface area contributed by atoms with E-state index in [1.807, 2.05) is 11.6 Å². The number of likely N-dealkylation sites (N-methyl/N-ethyl adjacent to an activating group) is 1. The Balaban J connectivity index is 2.38. The zero-order valence-corrected chi connectivity index (χ0v) is 13.4. The van der Waals surface area contributed by atoms with Gasteiger partial charge in [0.05, 0.1) is 27.7 Å². The minimum Gasteiger partial charge on any atom is -0.391 e. The fourth-order valence-electron chi connectivity index (χ4n) is 3.13. The van der Waals surface area contributed by atoms with Gasteiger partial charge in [-0.15, -0.1) is 0 Å². The van der Waals surface area contributed by atoms with Crippen molar-refractivity contribution in [2.24, 2.45) is 0 Å². The maximum absolute atomic E-state index is 12.2. The van der Waals surface area contributed by atoms with Crippen LogP contribution in [-0.4, -0.2) is 54.1 Å². The molecule has 1 atom stereocenters. The Morgan fingerprint density at radius 2 is 1.80 bits per heavy atom. The average Bonchev–Trinajstić information content (AvgIpc) is 2.93. The Bertz CT molecular complexity index is 537. The van der Waals surface area contributed by atoms with Crippen molar-refractivity contribution in [1.82, 2.24) is 9.36 Å². The highest BCUT2D eigenvalue weighted by molar-refractivity contribution is 5.63. The molecule has 0 saturated carbocycles. The molecule has 2 N–H and O–H groups in total. The van der Waals surface area contributed by atoms with E-state index in [2.05, 4.69) is 33.0 Å². The molecule has 1 saturated heterocycles. The van der Waals surface area contributed by atoms with E-state index in [4.69, 9.17) is 5.73 Å². The Morgan fingerprint density at radius 1 is 1.20 bits per heavy atom. The molecule has 0 spiro atoms. The van der Waals surface area contributed by atoms with E-state index in [0.29, 0.717) is 18.3 Å². The maximum Gasteiger partial charge on any atom is 0.292 e. The zero-order chi connectivity index (χ0) is 15.1. The molecule has 1 aromatic heterocycles. The second-order valence-corrected chi connectivity index (χ2v) is 6.48. The smallest absolute Gasteiger partial charge is 0.292 e. The van der Waals surface area contributed by atoms with Crippen LogP contribution in [0.25, 0.3) is 0 Å². The highest BCUT2D eigenvalue weighted by Gasteiger charge is 2.35. The second-order valence-electron chi connectivity index (χ2n) is 6.48. The van der Waals surface area contributed by atoms with Crippen LogP contribution in [0.3, 0.4) is 0 Å². The lowest BCUT2D eigenvalue weighted by Crippen LogP contribution is -2.46. The van der Waals surface area contributed by atoms with Crippen LogP contribution < -0.4 is 16.2 Å². The first-order valence-electron chi connectivity index (χ1n) is 7.46. The fourth-order valence-corrected chi connectivity index (χ4v) is 3.13. The van der Waals surface area contributed by atoms with E-state index in [1.54, 1.807) is 4.68 Å². The lowest BCUT2D eigenvalue weighted by atomic mass is 10.2. The molecule has 1 fully saturated rings. The van der Waals surface area contributed by atoms with Crippen LogP contribution >= 0.6 is 0 Å². The van der Waals surface area contributed by atoms with Gasteiger partial charge < -0.3 is 15.1 Å². The Labute approximate surface area is 120 Å². The number of anilines is 2. The maximum atomic E-state index is 12.2. The molecule has 6 nitrogen and oxygen atoms in total. The number of aromatic nitrogens is 2. The van der Waals surface area contributed by atoms with Gasteiger partial charge in [0.25, 0.3) is 5.56 Å². The molecule has 0 radical (unpaired) electrons. The van der Waals surface area contributed by atoms with Crippen LogP contribution in [0.5, 0.6) is 0 Å². The van der Waals surface area contributed by atoms with Gasteiger partial charge in [0.15, 0.2) is 5.82 Å². The summed E-state index contributed by atoms with van der Waals surface area (Å²) in [7, 11) is 6.67. The van der Waals surface area contributed by atoms with Gasteiger partial charge in [0.1, 0.15) is 11.7 Å². The lowest BCUT2D eigenvalue weighted by Gasteiger charge is -2.31. The Kier molecular flexibility index (Phi) is 3.86. The lowest BCUT2D eigenvalue weighted by molar-refractivity contribution is -0.893. The van der Waals surface area contributed by atoms with E-state index in [1.165, 1.54) is 0 Å². The summed E-state index contributed by atoms with van der Waals surface area (Å²) in [6.07, 6.45) is 1.14. The first kappa shape index (κ1) is 15.0. The minimum absolute atomic E-state index is 0.0574. The summed E-state index contributed by atoms with van der Waals surface area (Å²) >= 11 is 0. The monoisotopic (exact) mass is 282 g/mol. The first-order chi connectivity index (χ1) is 9.31. The zero-order valence-electron chi connectivity index (χ0n) is 13.4. The van der Waals surface area contributed by atoms with Crippen LogP contribution in [0, 0.1) is 0 Å². The van der Waals surface area contributed by atoms with Crippen molar-refractivity contribution in [2.45, 2.75) is 39.4 Å². The molecule has 1 aliphatic rings. The molecule has 2 rings (SSSR count). The molecule has 1 unspecified atom stereocenters. The normalized spacial score (nSPS) is 19.9. The number of rotatable bonds is 4. The summed E-state index contributed by atoms with van der Waals surface area (Å²) in [5.74, 6) is 0.912. The predicted octanol–water partition coefficient (Wildman–Crippen LogP) is 0.557. The third-order valence-corrected chi connectivity index (χ3v) is 4.40. The van der Waals surface area contributed by atoms with Crippen molar-refractivity contribution in [1.29, 1.82) is 0 Å². The Hall–Kier alpha value is -1.43. The van der Waals surface area contributed by atoms with Crippen LogP contribution in [-0.2, 0) is 13.1 Å². The van der Waals surface area contributed by atoms with Crippen LogP contribution in [0.4, 0.5) is 11.5 Å². The van der Waals surface area contributed by atoms with E-state index in [9.17, 15) is 4.79 Å². The van der Waals surface area contributed by atoms with Gasteiger partial charge in [-0.2, -0.15) is 0 Å². The van der Waals surface area contributed by atoms with E-state index in [0.717, 1.165) is 36.4 Å². The van der Waals surface area contributed by atoms with Crippen LogP contribution in [0.2, 0.25) is 0 Å². The number of nitrogens with zero attached hydrogens (tertiary/aromatic N) is 4. The Morgan fingerprint density at radius 3 is 2.25 bits per heavy atom. The summed E-state index contributed by atoms with van der Waals surface area (Å²) in [5.41, 5.74) is 6.43. The summed E-state index contributed by atoms with van der Waals surface area (Å²) in [5, 5.41) is 0. The van der Waals surface area contributed by atoms with Crippen molar-refractivity contribution < 1.29 is 4.48 Å². The first-order valence-corrected chi connectivity index (χ1v) is 7.46. The molecule has 0 aliphatic carbocycles. The summed E-state index contributed by atoms with van der Waals surface area (Å²) in [6, 6.07) is 0.583. The van der Waals surface area contributed by atoms with E-state index in [-0.39, 0.29) is 5.56 Å². The van der Waals surface area contributed by atoms with Crippen molar-refractivity contribution in [2.75, 3.05) is 44.9 Å². The van der Waals surface area contributed by atoms with Crippen LogP contribution in [0.15, 0.2) is 4.79 Å². The van der Waals surface area contributed by atoms with E-state index < -0.39 is 0 Å². The van der Waals surface area contributed by atoms with Gasteiger partial charge in [0, 0.05) is 26.1 Å². The van der Waals surface area contributed by atoms with Crippen molar-refractivity contribution in [3.05, 3.63) is 10.4 Å². The van der Waals surface area contributed by atoms with Crippen molar-refractivity contribution in [3.63, 3.8) is 0 Å². The molecule has 114 valence electrons. The number of quaternary nitrogens is 1. The number of nitrogens with two attached hydrogens (primary N) is 1. The van der Waals surface area contributed by atoms with Gasteiger partial charge >= 0.3 is 0 Å². The topological polar surface area (TPSA) is 56.2 Å². The van der Waals surface area contributed by atoms with Crippen molar-refractivity contribution >= 4 is 11.5 Å². The fraction of sp³-hybridized carbons (Fsp3) is 0.786. The molecule has 0 bridgehead atoms. The second kappa shape index (κ2) is 5.16. The van der Waals surface area contributed by atoms with Crippen molar-refractivity contribution in [3.8, 4) is 0 Å². The highest BCUT2D eigenvalue weighted by atomic mass is 16.1. The SMILES string of the molecule is CCn1c(N2CCC([N+](C)(C)C)C2)c(N)c(=O)n1CC. The molecule has 1 aliphatic heterocycles. The predicted molar refractivity (Wildman–Crippen MR) is 83.1 cm³/mol. The van der Waals surface area contributed by atoms with E-state index >= 15 is 0 Å². The third kappa shape index (κ3) is 2.32. The highest BCUT2D eigenvalue weighted by Crippen LogP contribution is 2.28.